The van der Waals surface area contributed by atoms with Crippen molar-refractivity contribution in [3.05, 3.63) is 59.7 Å². The number of pyridine rings is 1. The van der Waals surface area contributed by atoms with E-state index in [0.29, 0.717) is 5.56 Å². The van der Waals surface area contributed by atoms with Gasteiger partial charge in [-0.2, -0.15) is 5.26 Å². The lowest BCUT2D eigenvalue weighted by Gasteiger charge is -2.09. The molecule has 0 spiro atoms. The maximum Gasteiger partial charge on any atom is 0.187 e. The Morgan fingerprint density at radius 2 is 2.00 bits per heavy atom. The molecule has 3 aromatic rings. The number of nitriles is 1. The number of aryl methyl sites for hydroxylation is 2. The molecule has 0 saturated heterocycles. The summed E-state index contributed by atoms with van der Waals surface area (Å²) < 4.78 is 1.80. The van der Waals surface area contributed by atoms with E-state index >= 15 is 0 Å². The molecule has 3 heterocycles. The zero-order chi connectivity index (χ0) is 15.7. The molecule has 6 nitrogen and oxygen atoms in total. The van der Waals surface area contributed by atoms with Crippen molar-refractivity contribution in [1.82, 2.24) is 19.4 Å². The van der Waals surface area contributed by atoms with Gasteiger partial charge in [0, 0.05) is 23.1 Å². The monoisotopic (exact) mass is 291 g/mol. The van der Waals surface area contributed by atoms with Gasteiger partial charge in [0.25, 0.3) is 0 Å². The highest BCUT2D eigenvalue weighted by Gasteiger charge is 2.25. The van der Waals surface area contributed by atoms with E-state index in [2.05, 4.69) is 15.0 Å². The Kier molecular flexibility index (Phi) is 3.39. The summed E-state index contributed by atoms with van der Waals surface area (Å²) in [4.78, 5) is 25.1. The number of carbonyl (C=O) groups excluding carboxylic acids is 1. The van der Waals surface area contributed by atoms with E-state index in [1.165, 1.54) is 0 Å². The van der Waals surface area contributed by atoms with E-state index in [0.717, 1.165) is 16.9 Å². The van der Waals surface area contributed by atoms with Gasteiger partial charge in [-0.05, 0) is 32.0 Å². The first-order valence-corrected chi connectivity index (χ1v) is 6.76. The summed E-state index contributed by atoms with van der Waals surface area (Å²) in [5, 5.41) is 9.40. The number of aromatic nitrogens is 4. The largest absolute Gasteiger partial charge is 0.306 e. The minimum absolute atomic E-state index is 0.249. The van der Waals surface area contributed by atoms with Gasteiger partial charge >= 0.3 is 0 Å². The number of hydrogen-bond acceptors (Lipinski definition) is 5. The van der Waals surface area contributed by atoms with Gasteiger partial charge in [-0.1, -0.05) is 0 Å². The Morgan fingerprint density at radius 3 is 2.68 bits per heavy atom. The van der Waals surface area contributed by atoms with E-state index in [1.54, 1.807) is 41.3 Å². The fraction of sp³-hybridized carbons (Fsp3) is 0.188. The van der Waals surface area contributed by atoms with Gasteiger partial charge in [0.2, 0.25) is 0 Å². The van der Waals surface area contributed by atoms with Gasteiger partial charge in [-0.3, -0.25) is 4.79 Å². The molecule has 0 fully saturated rings. The van der Waals surface area contributed by atoms with Crippen molar-refractivity contribution in [2.75, 3.05) is 0 Å². The van der Waals surface area contributed by atoms with E-state index < -0.39 is 5.92 Å². The van der Waals surface area contributed by atoms with Crippen molar-refractivity contribution in [3.8, 4) is 6.07 Å². The molecule has 0 aliphatic carbocycles. The fourth-order valence-electron chi connectivity index (χ4n) is 2.36. The molecular formula is C16H13N5O. The standard InChI is InChI=1S/C16H13N5O/c1-10-5-11(2)20-16(19-10)14(7-17)15(22)12-3-4-21-9-18-8-13(21)6-12/h3-6,8-9,14H,1-2H3/t14-/m0/s1. The molecule has 3 rings (SSSR count). The lowest BCUT2D eigenvalue weighted by molar-refractivity contribution is 0.0976. The first kappa shape index (κ1) is 13.9. The van der Waals surface area contributed by atoms with Crippen LogP contribution >= 0.6 is 0 Å². The molecule has 0 aliphatic rings. The number of hydrogen-bond donors (Lipinski definition) is 0. The summed E-state index contributed by atoms with van der Waals surface area (Å²) in [5.41, 5.74) is 2.72. The minimum atomic E-state index is -1.01. The zero-order valence-electron chi connectivity index (χ0n) is 12.2. The predicted molar refractivity (Wildman–Crippen MR) is 79.4 cm³/mol. The van der Waals surface area contributed by atoms with Crippen molar-refractivity contribution >= 4 is 11.3 Å². The molecule has 0 unspecified atom stereocenters. The highest BCUT2D eigenvalue weighted by molar-refractivity contribution is 6.02. The maximum atomic E-state index is 12.6. The number of rotatable bonds is 3. The highest BCUT2D eigenvalue weighted by Crippen LogP contribution is 2.19. The van der Waals surface area contributed by atoms with Gasteiger partial charge in [0.15, 0.2) is 17.5 Å². The minimum Gasteiger partial charge on any atom is -0.306 e. The molecule has 108 valence electrons. The molecule has 0 N–H and O–H groups in total. The molecule has 0 radical (unpaired) electrons. The molecule has 0 aliphatic heterocycles. The van der Waals surface area contributed by atoms with E-state index in [4.69, 9.17) is 0 Å². The van der Waals surface area contributed by atoms with E-state index in [-0.39, 0.29) is 11.6 Å². The van der Waals surface area contributed by atoms with Crippen LogP contribution in [-0.2, 0) is 0 Å². The average molecular weight is 291 g/mol. The van der Waals surface area contributed by atoms with Crippen molar-refractivity contribution in [2.45, 2.75) is 19.8 Å². The summed E-state index contributed by atoms with van der Waals surface area (Å²) in [6.45, 7) is 3.63. The third-order valence-electron chi connectivity index (χ3n) is 3.35. The molecule has 1 atom stereocenters. The number of Topliss-reactive ketones (excluding diaryl/α,β-unsaturated/α-hetero) is 1. The summed E-state index contributed by atoms with van der Waals surface area (Å²) in [5.74, 6) is -1.07. The Labute approximate surface area is 127 Å². The van der Waals surface area contributed by atoms with Gasteiger partial charge in [-0.15, -0.1) is 0 Å². The third-order valence-corrected chi connectivity index (χ3v) is 3.35. The second-order valence-electron chi connectivity index (χ2n) is 5.08. The van der Waals surface area contributed by atoms with Crippen LogP contribution < -0.4 is 0 Å². The Hall–Kier alpha value is -3.07. The number of carbonyl (C=O) groups is 1. The van der Waals surface area contributed by atoms with Crippen LogP contribution in [-0.4, -0.2) is 25.1 Å². The smallest absolute Gasteiger partial charge is 0.187 e. The quantitative estimate of drug-likeness (QED) is 0.691. The van der Waals surface area contributed by atoms with Crippen molar-refractivity contribution in [2.24, 2.45) is 0 Å². The third kappa shape index (κ3) is 2.44. The normalized spacial score (nSPS) is 12.0. The molecule has 3 aromatic heterocycles. The van der Waals surface area contributed by atoms with Crippen LogP contribution in [0.2, 0.25) is 0 Å². The molecule has 0 aromatic carbocycles. The van der Waals surface area contributed by atoms with Crippen molar-refractivity contribution in [3.63, 3.8) is 0 Å². The first-order chi connectivity index (χ1) is 10.6. The molecule has 0 saturated carbocycles. The number of nitrogens with zero attached hydrogens (tertiary/aromatic N) is 5. The van der Waals surface area contributed by atoms with Crippen LogP contribution in [0.4, 0.5) is 0 Å². The Balaban J connectivity index is 2.02. The second kappa shape index (κ2) is 5.37. The van der Waals surface area contributed by atoms with Gasteiger partial charge < -0.3 is 4.40 Å². The van der Waals surface area contributed by atoms with E-state index in [1.807, 2.05) is 19.9 Å². The molecular weight excluding hydrogens is 278 g/mol. The van der Waals surface area contributed by atoms with Crippen LogP contribution in [0.25, 0.3) is 5.52 Å². The SMILES string of the molecule is Cc1cc(C)nc([C@@H](C#N)C(=O)c2ccn3cncc3c2)n1. The Morgan fingerprint density at radius 1 is 1.27 bits per heavy atom. The summed E-state index contributed by atoms with van der Waals surface area (Å²) >= 11 is 0. The van der Waals surface area contributed by atoms with Crippen molar-refractivity contribution < 1.29 is 4.79 Å². The van der Waals surface area contributed by atoms with Crippen LogP contribution in [0.15, 0.2) is 36.9 Å². The zero-order valence-corrected chi connectivity index (χ0v) is 12.2. The lowest BCUT2D eigenvalue weighted by atomic mass is 9.98. The number of fused-ring (bicyclic) bond motifs is 1. The summed E-state index contributed by atoms with van der Waals surface area (Å²) in [6.07, 6.45) is 5.05. The second-order valence-corrected chi connectivity index (χ2v) is 5.08. The molecule has 0 bridgehead atoms. The number of imidazole rings is 1. The van der Waals surface area contributed by atoms with Crippen LogP contribution in [0.3, 0.4) is 0 Å². The van der Waals surface area contributed by atoms with Crippen LogP contribution in [0.1, 0.15) is 33.5 Å². The van der Waals surface area contributed by atoms with Crippen LogP contribution in [0, 0.1) is 25.2 Å². The fourth-order valence-corrected chi connectivity index (χ4v) is 2.36. The predicted octanol–water partition coefficient (Wildman–Crippen LogP) is 2.23. The topological polar surface area (TPSA) is 83.9 Å². The molecule has 6 heteroatoms. The number of ketones is 1. The summed E-state index contributed by atoms with van der Waals surface area (Å²) in [6, 6.07) is 7.20. The maximum absolute atomic E-state index is 12.6. The van der Waals surface area contributed by atoms with Gasteiger partial charge in [0.05, 0.1) is 24.1 Å². The van der Waals surface area contributed by atoms with E-state index in [9.17, 15) is 10.1 Å². The highest BCUT2D eigenvalue weighted by atomic mass is 16.1. The van der Waals surface area contributed by atoms with Crippen LogP contribution in [0.5, 0.6) is 0 Å². The van der Waals surface area contributed by atoms with Gasteiger partial charge in [0.1, 0.15) is 0 Å². The van der Waals surface area contributed by atoms with Gasteiger partial charge in [-0.25, -0.2) is 15.0 Å². The molecule has 22 heavy (non-hydrogen) atoms. The average Bonchev–Trinajstić information content (AvgIpc) is 2.94. The first-order valence-electron chi connectivity index (χ1n) is 6.76. The summed E-state index contributed by atoms with van der Waals surface area (Å²) in [7, 11) is 0. The Bertz CT molecular complexity index is 886. The lowest BCUT2D eigenvalue weighted by Crippen LogP contribution is -2.15. The van der Waals surface area contributed by atoms with Crippen molar-refractivity contribution in [1.29, 1.82) is 5.26 Å². The molecule has 0 amide bonds.